The van der Waals surface area contributed by atoms with Crippen molar-refractivity contribution < 1.29 is 4.79 Å². The SMILES string of the molecule is Cc1cccc(CCNC(=O)C2CC3CCCC(C2)C3N)c1.Cl. The zero-order chi connectivity index (χ0) is 15.5. The molecule has 128 valence electrons. The standard InChI is InChI=1S/C19H28N2O.ClH/c1-13-4-2-5-14(10-13)8-9-21-19(22)17-11-15-6-3-7-16(12-17)18(15)20;/h2,4-5,10,15-18H,3,6-9,11-12,20H2,1H3,(H,21,22);1H. The number of halogens is 1. The van der Waals surface area contributed by atoms with Crippen molar-refractivity contribution in [3.63, 3.8) is 0 Å². The van der Waals surface area contributed by atoms with Crippen LogP contribution < -0.4 is 11.1 Å². The Hall–Kier alpha value is -1.06. The highest BCUT2D eigenvalue weighted by atomic mass is 35.5. The van der Waals surface area contributed by atoms with E-state index >= 15 is 0 Å². The van der Waals surface area contributed by atoms with Crippen LogP contribution in [0.1, 0.15) is 43.2 Å². The van der Waals surface area contributed by atoms with E-state index in [-0.39, 0.29) is 24.2 Å². The highest BCUT2D eigenvalue weighted by molar-refractivity contribution is 5.85. The number of hydrogen-bond donors (Lipinski definition) is 2. The summed E-state index contributed by atoms with van der Waals surface area (Å²) in [5.41, 5.74) is 8.88. The lowest BCUT2D eigenvalue weighted by Gasteiger charge is -2.43. The van der Waals surface area contributed by atoms with Crippen molar-refractivity contribution in [3.8, 4) is 0 Å². The fourth-order valence-corrected chi connectivity index (χ4v) is 4.35. The van der Waals surface area contributed by atoms with Crippen molar-refractivity contribution in [2.75, 3.05) is 6.54 Å². The smallest absolute Gasteiger partial charge is 0.223 e. The average Bonchev–Trinajstić information content (AvgIpc) is 2.47. The summed E-state index contributed by atoms with van der Waals surface area (Å²) in [4.78, 5) is 12.4. The predicted molar refractivity (Wildman–Crippen MR) is 96.7 cm³/mol. The summed E-state index contributed by atoms with van der Waals surface area (Å²) >= 11 is 0. The van der Waals surface area contributed by atoms with Gasteiger partial charge in [0.2, 0.25) is 5.91 Å². The lowest BCUT2D eigenvalue weighted by molar-refractivity contribution is -0.127. The second kappa shape index (κ2) is 8.16. The molecule has 2 unspecified atom stereocenters. The first kappa shape index (κ1) is 18.3. The average molecular weight is 337 g/mol. The predicted octanol–water partition coefficient (Wildman–Crippen LogP) is 3.23. The molecule has 0 spiro atoms. The van der Waals surface area contributed by atoms with E-state index in [0.717, 1.165) is 25.8 Å². The molecule has 0 saturated heterocycles. The molecule has 2 aliphatic rings. The van der Waals surface area contributed by atoms with Gasteiger partial charge in [-0.1, -0.05) is 36.2 Å². The molecule has 0 radical (unpaired) electrons. The van der Waals surface area contributed by atoms with Crippen LogP contribution in [-0.2, 0) is 11.2 Å². The summed E-state index contributed by atoms with van der Waals surface area (Å²) in [6.07, 6.45) is 6.62. The third-order valence-corrected chi connectivity index (χ3v) is 5.58. The van der Waals surface area contributed by atoms with Gasteiger partial charge < -0.3 is 11.1 Å². The summed E-state index contributed by atoms with van der Waals surface area (Å²) in [7, 11) is 0. The fourth-order valence-electron chi connectivity index (χ4n) is 4.35. The summed E-state index contributed by atoms with van der Waals surface area (Å²) in [5, 5.41) is 3.14. The van der Waals surface area contributed by atoms with Crippen LogP contribution in [0.2, 0.25) is 0 Å². The quantitative estimate of drug-likeness (QED) is 0.887. The van der Waals surface area contributed by atoms with Crippen LogP contribution in [-0.4, -0.2) is 18.5 Å². The van der Waals surface area contributed by atoms with Gasteiger partial charge in [-0.25, -0.2) is 0 Å². The molecule has 3 nitrogen and oxygen atoms in total. The summed E-state index contributed by atoms with van der Waals surface area (Å²) in [6, 6.07) is 8.84. The van der Waals surface area contributed by atoms with Gasteiger partial charge in [-0.3, -0.25) is 4.79 Å². The van der Waals surface area contributed by atoms with E-state index in [2.05, 4.69) is 36.5 Å². The highest BCUT2D eigenvalue weighted by Crippen LogP contribution is 2.41. The topological polar surface area (TPSA) is 55.1 Å². The first-order valence-electron chi connectivity index (χ1n) is 8.72. The lowest BCUT2D eigenvalue weighted by Crippen LogP contribution is -2.49. The highest BCUT2D eigenvalue weighted by Gasteiger charge is 2.40. The Kier molecular flexibility index (Phi) is 6.49. The second-order valence-electron chi connectivity index (χ2n) is 7.23. The number of rotatable bonds is 4. The van der Waals surface area contributed by atoms with Crippen LogP contribution in [0.15, 0.2) is 24.3 Å². The first-order chi connectivity index (χ1) is 10.6. The minimum absolute atomic E-state index is 0. The van der Waals surface area contributed by atoms with Gasteiger partial charge in [0.1, 0.15) is 0 Å². The maximum atomic E-state index is 12.4. The van der Waals surface area contributed by atoms with Gasteiger partial charge in [-0.2, -0.15) is 0 Å². The monoisotopic (exact) mass is 336 g/mol. The molecular weight excluding hydrogens is 308 g/mol. The van der Waals surface area contributed by atoms with Crippen molar-refractivity contribution >= 4 is 18.3 Å². The molecule has 0 aliphatic heterocycles. The third kappa shape index (κ3) is 4.48. The van der Waals surface area contributed by atoms with E-state index in [1.807, 2.05) is 0 Å². The lowest BCUT2D eigenvalue weighted by atomic mass is 9.65. The van der Waals surface area contributed by atoms with Gasteiger partial charge in [-0.05, 0) is 56.4 Å². The molecule has 2 aliphatic carbocycles. The van der Waals surface area contributed by atoms with Crippen molar-refractivity contribution in [2.45, 2.75) is 51.5 Å². The van der Waals surface area contributed by atoms with Gasteiger partial charge in [0.25, 0.3) is 0 Å². The Bertz CT molecular complexity index is 520. The van der Waals surface area contributed by atoms with Gasteiger partial charge >= 0.3 is 0 Å². The van der Waals surface area contributed by atoms with E-state index < -0.39 is 0 Å². The van der Waals surface area contributed by atoms with Gasteiger partial charge in [0, 0.05) is 18.5 Å². The molecule has 23 heavy (non-hydrogen) atoms. The molecule has 3 N–H and O–H groups in total. The minimum atomic E-state index is 0. The zero-order valence-corrected chi connectivity index (χ0v) is 14.8. The first-order valence-corrected chi connectivity index (χ1v) is 8.72. The Morgan fingerprint density at radius 2 is 1.96 bits per heavy atom. The normalized spacial score (nSPS) is 29.5. The van der Waals surface area contributed by atoms with Crippen molar-refractivity contribution in [3.05, 3.63) is 35.4 Å². The number of amides is 1. The van der Waals surface area contributed by atoms with Crippen LogP contribution in [0, 0.1) is 24.7 Å². The Labute approximate surface area is 145 Å². The number of benzene rings is 1. The number of nitrogens with one attached hydrogen (secondary N) is 1. The Morgan fingerprint density at radius 3 is 2.61 bits per heavy atom. The molecule has 2 atom stereocenters. The second-order valence-corrected chi connectivity index (χ2v) is 7.23. The molecule has 1 amide bonds. The molecule has 2 fully saturated rings. The van der Waals surface area contributed by atoms with Gasteiger partial charge in [-0.15, -0.1) is 12.4 Å². The molecule has 4 heteroatoms. The zero-order valence-electron chi connectivity index (χ0n) is 14.0. The molecule has 2 saturated carbocycles. The minimum Gasteiger partial charge on any atom is -0.356 e. The van der Waals surface area contributed by atoms with Gasteiger partial charge in [0.05, 0.1) is 0 Å². The molecule has 3 rings (SSSR count). The Balaban J connectivity index is 0.00000192. The van der Waals surface area contributed by atoms with Crippen LogP contribution in [0.25, 0.3) is 0 Å². The van der Waals surface area contributed by atoms with E-state index in [0.29, 0.717) is 17.9 Å². The third-order valence-electron chi connectivity index (χ3n) is 5.58. The van der Waals surface area contributed by atoms with Crippen LogP contribution in [0.5, 0.6) is 0 Å². The summed E-state index contributed by atoms with van der Waals surface area (Å²) in [5.74, 6) is 1.57. The molecule has 0 aromatic heterocycles. The number of carbonyl (C=O) groups excluding carboxylic acids is 1. The van der Waals surface area contributed by atoms with Gasteiger partial charge in [0.15, 0.2) is 0 Å². The van der Waals surface area contributed by atoms with Crippen molar-refractivity contribution in [1.29, 1.82) is 0 Å². The van der Waals surface area contributed by atoms with E-state index in [1.165, 1.54) is 30.4 Å². The van der Waals surface area contributed by atoms with Crippen LogP contribution in [0.3, 0.4) is 0 Å². The van der Waals surface area contributed by atoms with Crippen LogP contribution >= 0.6 is 12.4 Å². The molecule has 0 heterocycles. The maximum absolute atomic E-state index is 12.4. The van der Waals surface area contributed by atoms with Crippen molar-refractivity contribution in [2.24, 2.45) is 23.5 Å². The maximum Gasteiger partial charge on any atom is 0.223 e. The summed E-state index contributed by atoms with van der Waals surface area (Å²) < 4.78 is 0. The van der Waals surface area contributed by atoms with E-state index in [4.69, 9.17) is 5.73 Å². The molecule has 1 aromatic carbocycles. The number of aryl methyl sites for hydroxylation is 1. The molecule has 2 bridgehead atoms. The number of carbonyl (C=O) groups is 1. The fraction of sp³-hybridized carbons (Fsp3) is 0.632. The number of nitrogens with two attached hydrogens (primary N) is 1. The molecule has 1 aromatic rings. The van der Waals surface area contributed by atoms with Crippen LogP contribution in [0.4, 0.5) is 0 Å². The largest absolute Gasteiger partial charge is 0.356 e. The number of hydrogen-bond acceptors (Lipinski definition) is 2. The van der Waals surface area contributed by atoms with Crippen molar-refractivity contribution in [1.82, 2.24) is 5.32 Å². The van der Waals surface area contributed by atoms with E-state index in [1.54, 1.807) is 0 Å². The molecular formula is C19H29ClN2O. The number of fused-ring (bicyclic) bond motifs is 2. The van der Waals surface area contributed by atoms with E-state index in [9.17, 15) is 4.79 Å². The summed E-state index contributed by atoms with van der Waals surface area (Å²) in [6.45, 7) is 2.84. The Morgan fingerprint density at radius 1 is 1.26 bits per heavy atom.